The lowest BCUT2D eigenvalue weighted by Gasteiger charge is -2.35. The molecule has 2 heterocycles. The summed E-state index contributed by atoms with van der Waals surface area (Å²) in [5, 5.41) is 0. The van der Waals surface area contributed by atoms with E-state index >= 15 is 0 Å². The highest BCUT2D eigenvalue weighted by molar-refractivity contribution is 5.85. The van der Waals surface area contributed by atoms with Gasteiger partial charge in [-0.05, 0) is 37.8 Å². The first-order valence-electron chi connectivity index (χ1n) is 7.88. The molecule has 0 atom stereocenters. The largest absolute Gasteiger partial charge is 0.357 e. The number of amides is 1. The molecule has 1 aliphatic heterocycles. The molecule has 1 amide bonds. The van der Waals surface area contributed by atoms with Crippen molar-refractivity contribution in [2.24, 2.45) is 11.7 Å². The molecule has 1 aromatic heterocycles. The third-order valence-corrected chi connectivity index (χ3v) is 4.16. The lowest BCUT2D eigenvalue weighted by Crippen LogP contribution is -2.41. The smallest absolute Gasteiger partial charge is 0.223 e. The van der Waals surface area contributed by atoms with Crippen LogP contribution in [0.2, 0.25) is 0 Å². The molecule has 1 aromatic rings. The van der Waals surface area contributed by atoms with Crippen molar-refractivity contribution in [2.45, 2.75) is 26.2 Å². The van der Waals surface area contributed by atoms with Gasteiger partial charge in [-0.25, -0.2) is 4.98 Å². The van der Waals surface area contributed by atoms with Gasteiger partial charge in [0.15, 0.2) is 0 Å². The first-order valence-corrected chi connectivity index (χ1v) is 7.88. The average Bonchev–Trinajstić information content (AvgIpc) is 2.54. The quantitative estimate of drug-likeness (QED) is 0.867. The molecule has 1 fully saturated rings. The number of nitrogens with two attached hydrogens (primary N) is 1. The Kier molecular flexibility index (Phi) is 8.20. The van der Waals surface area contributed by atoms with Crippen molar-refractivity contribution in [1.29, 1.82) is 0 Å². The zero-order valence-electron chi connectivity index (χ0n) is 13.3. The summed E-state index contributed by atoms with van der Waals surface area (Å²) in [7, 11) is 0. The number of aromatic nitrogens is 1. The molecule has 22 heavy (non-hydrogen) atoms. The normalized spacial score (nSPS) is 15.3. The summed E-state index contributed by atoms with van der Waals surface area (Å²) >= 11 is 0. The van der Waals surface area contributed by atoms with Crippen molar-refractivity contribution in [2.75, 3.05) is 37.6 Å². The Morgan fingerprint density at radius 2 is 2.14 bits per heavy atom. The number of hydrogen-bond donors (Lipinski definition) is 1. The zero-order chi connectivity index (χ0) is 15.1. The number of nitrogens with zero attached hydrogens (tertiary/aromatic N) is 3. The van der Waals surface area contributed by atoms with E-state index < -0.39 is 0 Å². The van der Waals surface area contributed by atoms with E-state index in [0.29, 0.717) is 18.9 Å². The number of carbonyl (C=O) groups excluding carboxylic acids is 1. The Balaban J connectivity index is 0.00000242. The molecule has 0 aromatic carbocycles. The van der Waals surface area contributed by atoms with Crippen LogP contribution in [0.25, 0.3) is 0 Å². The predicted octanol–water partition coefficient (Wildman–Crippen LogP) is 1.92. The van der Waals surface area contributed by atoms with Crippen molar-refractivity contribution in [3.05, 3.63) is 24.4 Å². The molecule has 1 saturated heterocycles. The second-order valence-corrected chi connectivity index (χ2v) is 5.59. The maximum absolute atomic E-state index is 12.0. The fourth-order valence-corrected chi connectivity index (χ4v) is 2.89. The van der Waals surface area contributed by atoms with Crippen LogP contribution in [-0.4, -0.2) is 48.5 Å². The molecule has 5 nitrogen and oxygen atoms in total. The van der Waals surface area contributed by atoms with Crippen molar-refractivity contribution in [3.8, 4) is 0 Å². The Labute approximate surface area is 139 Å². The monoisotopic (exact) mass is 326 g/mol. The highest BCUT2D eigenvalue weighted by Crippen LogP contribution is 2.22. The van der Waals surface area contributed by atoms with E-state index in [0.717, 1.165) is 44.8 Å². The molecule has 124 valence electrons. The predicted molar refractivity (Wildman–Crippen MR) is 92.3 cm³/mol. The number of carbonyl (C=O) groups is 1. The summed E-state index contributed by atoms with van der Waals surface area (Å²) in [5.41, 5.74) is 5.48. The maximum Gasteiger partial charge on any atom is 0.223 e. The van der Waals surface area contributed by atoms with Crippen LogP contribution in [0.3, 0.4) is 0 Å². The van der Waals surface area contributed by atoms with Gasteiger partial charge in [0.25, 0.3) is 0 Å². The van der Waals surface area contributed by atoms with E-state index in [-0.39, 0.29) is 18.3 Å². The summed E-state index contributed by atoms with van der Waals surface area (Å²) in [6, 6.07) is 6.03. The van der Waals surface area contributed by atoms with Crippen molar-refractivity contribution >= 4 is 24.1 Å². The first kappa shape index (κ1) is 18.7. The minimum absolute atomic E-state index is 0. The van der Waals surface area contributed by atoms with Crippen LogP contribution in [0.15, 0.2) is 24.4 Å². The summed E-state index contributed by atoms with van der Waals surface area (Å²) in [4.78, 5) is 20.6. The Bertz CT molecular complexity index is 435. The standard InChI is InChI=1S/C16H26N4O.ClH/c1-2-19(16(21)6-9-17)13-14-7-11-20(12-8-14)15-5-3-4-10-18-15;/h3-5,10,14H,2,6-9,11-13,17H2,1H3;1H. The molecular formula is C16H27ClN4O. The lowest BCUT2D eigenvalue weighted by atomic mass is 9.96. The van der Waals surface area contributed by atoms with Crippen LogP contribution in [0, 0.1) is 5.92 Å². The second-order valence-electron chi connectivity index (χ2n) is 5.59. The minimum atomic E-state index is 0. The third kappa shape index (κ3) is 5.14. The topological polar surface area (TPSA) is 62.5 Å². The van der Waals surface area contributed by atoms with Gasteiger partial charge in [-0.1, -0.05) is 6.07 Å². The van der Waals surface area contributed by atoms with Crippen molar-refractivity contribution < 1.29 is 4.79 Å². The van der Waals surface area contributed by atoms with E-state index in [4.69, 9.17) is 5.73 Å². The number of piperidine rings is 1. The maximum atomic E-state index is 12.0. The van der Waals surface area contributed by atoms with Crippen LogP contribution >= 0.6 is 12.4 Å². The molecule has 1 aliphatic rings. The number of anilines is 1. The van der Waals surface area contributed by atoms with Crippen LogP contribution in [0.1, 0.15) is 26.2 Å². The van der Waals surface area contributed by atoms with Gasteiger partial charge < -0.3 is 15.5 Å². The molecule has 0 saturated carbocycles. The molecule has 2 rings (SSSR count). The number of hydrogen-bond acceptors (Lipinski definition) is 4. The Morgan fingerprint density at radius 3 is 2.68 bits per heavy atom. The van der Waals surface area contributed by atoms with Crippen molar-refractivity contribution in [1.82, 2.24) is 9.88 Å². The third-order valence-electron chi connectivity index (χ3n) is 4.16. The zero-order valence-corrected chi connectivity index (χ0v) is 14.1. The van der Waals surface area contributed by atoms with Crippen LogP contribution in [0.4, 0.5) is 5.82 Å². The van der Waals surface area contributed by atoms with E-state index in [1.54, 1.807) is 0 Å². The fourth-order valence-electron chi connectivity index (χ4n) is 2.89. The summed E-state index contributed by atoms with van der Waals surface area (Å²) in [5.74, 6) is 1.83. The van der Waals surface area contributed by atoms with Crippen LogP contribution < -0.4 is 10.6 Å². The molecular weight excluding hydrogens is 300 g/mol. The summed E-state index contributed by atoms with van der Waals surface area (Å²) < 4.78 is 0. The van der Waals surface area contributed by atoms with Gasteiger partial charge in [0.2, 0.25) is 5.91 Å². The Morgan fingerprint density at radius 1 is 1.41 bits per heavy atom. The van der Waals surface area contributed by atoms with Crippen molar-refractivity contribution in [3.63, 3.8) is 0 Å². The molecule has 0 radical (unpaired) electrons. The number of halogens is 1. The number of rotatable bonds is 6. The van der Waals surface area contributed by atoms with Gasteiger partial charge in [0.1, 0.15) is 5.82 Å². The highest BCUT2D eigenvalue weighted by Gasteiger charge is 2.23. The molecule has 0 unspecified atom stereocenters. The van der Waals surface area contributed by atoms with Gasteiger partial charge in [-0.15, -0.1) is 12.4 Å². The highest BCUT2D eigenvalue weighted by atomic mass is 35.5. The van der Waals surface area contributed by atoms with Crippen LogP contribution in [0.5, 0.6) is 0 Å². The van der Waals surface area contributed by atoms with E-state index in [9.17, 15) is 4.79 Å². The van der Waals surface area contributed by atoms with E-state index in [1.807, 2.05) is 30.2 Å². The average molecular weight is 327 g/mol. The second kappa shape index (κ2) is 9.64. The SMILES string of the molecule is CCN(CC1CCN(c2ccccn2)CC1)C(=O)CCN.Cl. The molecule has 6 heteroatoms. The van der Waals surface area contributed by atoms with Gasteiger partial charge in [0, 0.05) is 45.3 Å². The van der Waals surface area contributed by atoms with E-state index in [2.05, 4.69) is 16.0 Å². The summed E-state index contributed by atoms with van der Waals surface area (Å²) in [6.45, 7) is 6.16. The summed E-state index contributed by atoms with van der Waals surface area (Å²) in [6.07, 6.45) is 4.53. The van der Waals surface area contributed by atoms with E-state index in [1.165, 1.54) is 0 Å². The lowest BCUT2D eigenvalue weighted by molar-refractivity contribution is -0.131. The number of pyridine rings is 1. The minimum Gasteiger partial charge on any atom is -0.357 e. The first-order chi connectivity index (χ1) is 10.2. The van der Waals surface area contributed by atoms with Gasteiger partial charge in [-0.3, -0.25) is 4.79 Å². The fraction of sp³-hybridized carbons (Fsp3) is 0.625. The molecule has 0 bridgehead atoms. The van der Waals surface area contributed by atoms with Gasteiger partial charge in [0.05, 0.1) is 0 Å². The molecule has 0 aliphatic carbocycles. The van der Waals surface area contributed by atoms with Crippen LogP contribution in [-0.2, 0) is 4.79 Å². The Hall–Kier alpha value is -1.33. The van der Waals surface area contributed by atoms with Gasteiger partial charge >= 0.3 is 0 Å². The van der Waals surface area contributed by atoms with Gasteiger partial charge in [-0.2, -0.15) is 0 Å². The molecule has 2 N–H and O–H groups in total. The molecule has 0 spiro atoms.